The fraction of sp³-hybridized carbons (Fsp3) is 0.308. The lowest BCUT2D eigenvalue weighted by atomic mass is 9.97. The average molecular weight is 505 g/mol. The summed E-state index contributed by atoms with van der Waals surface area (Å²) < 4.78 is 13.3. The first kappa shape index (κ1) is 22.8. The molecule has 2 aliphatic heterocycles. The Kier molecular flexibility index (Phi) is 5.98. The molecule has 0 radical (unpaired) electrons. The molecule has 0 unspecified atom stereocenters. The molecule has 3 aromatic heterocycles. The van der Waals surface area contributed by atoms with Crippen molar-refractivity contribution < 1.29 is 14.0 Å². The Labute approximate surface area is 210 Å². The summed E-state index contributed by atoms with van der Waals surface area (Å²) in [6.45, 7) is 2.36. The molecule has 0 spiro atoms. The van der Waals surface area contributed by atoms with Crippen molar-refractivity contribution in [2.45, 2.75) is 12.8 Å². The number of aromatic amines is 1. The maximum absolute atomic E-state index is 13.2. The second kappa shape index (κ2) is 9.44. The first-order valence-electron chi connectivity index (χ1n) is 12.1. The molecule has 3 N–H and O–H groups in total. The highest BCUT2D eigenvalue weighted by Crippen LogP contribution is 2.38. The molecule has 4 aromatic rings. The number of rotatable bonds is 7. The van der Waals surface area contributed by atoms with Crippen LogP contribution in [-0.4, -0.2) is 59.6 Å². The van der Waals surface area contributed by atoms with Crippen molar-refractivity contribution in [1.82, 2.24) is 25.6 Å². The number of alkyl halides is 1. The van der Waals surface area contributed by atoms with Crippen LogP contribution in [0.15, 0.2) is 41.9 Å². The van der Waals surface area contributed by atoms with Gasteiger partial charge in [0.25, 0.3) is 11.8 Å². The Hall–Kier alpha value is -3.63. The van der Waals surface area contributed by atoms with Gasteiger partial charge in [0.2, 0.25) is 5.95 Å². The smallest absolute Gasteiger partial charge is 0.261 e. The third kappa shape index (κ3) is 3.96. The topological polar surface area (TPSA) is 103 Å². The number of fused-ring (bicyclic) bond motifs is 2. The SMILES string of the molecule is O=C1NC(=O)C(c2c[nH]c3ccsc23)=C1c1nc(N2CCC(CNCCF)CC2)nc2ccccc12. The van der Waals surface area contributed by atoms with Crippen LogP contribution in [0.1, 0.15) is 24.1 Å². The molecule has 0 aliphatic carbocycles. The maximum Gasteiger partial charge on any atom is 0.261 e. The van der Waals surface area contributed by atoms with Gasteiger partial charge in [-0.2, -0.15) is 0 Å². The first-order valence-corrected chi connectivity index (χ1v) is 13.0. The number of thiophene rings is 1. The van der Waals surface area contributed by atoms with E-state index in [0.717, 1.165) is 53.6 Å². The lowest BCUT2D eigenvalue weighted by Gasteiger charge is -2.32. The maximum atomic E-state index is 13.2. The van der Waals surface area contributed by atoms with Crippen LogP contribution >= 0.6 is 11.3 Å². The Morgan fingerprint density at radius 1 is 1.08 bits per heavy atom. The predicted octanol–water partition coefficient (Wildman–Crippen LogP) is 3.52. The predicted molar refractivity (Wildman–Crippen MR) is 139 cm³/mol. The van der Waals surface area contributed by atoms with Gasteiger partial charge in [0.1, 0.15) is 6.67 Å². The highest BCUT2D eigenvalue weighted by Gasteiger charge is 2.36. The fourth-order valence-corrected chi connectivity index (χ4v) is 5.96. The highest BCUT2D eigenvalue weighted by atomic mass is 32.1. The van der Waals surface area contributed by atoms with E-state index in [2.05, 4.69) is 20.5 Å². The summed E-state index contributed by atoms with van der Waals surface area (Å²) in [5.41, 5.74) is 3.42. The van der Waals surface area contributed by atoms with Crippen LogP contribution in [0.4, 0.5) is 10.3 Å². The second-order valence-electron chi connectivity index (χ2n) is 9.11. The summed E-state index contributed by atoms with van der Waals surface area (Å²) in [4.78, 5) is 41.2. The molecule has 0 saturated carbocycles. The van der Waals surface area contributed by atoms with E-state index >= 15 is 0 Å². The summed E-state index contributed by atoms with van der Waals surface area (Å²) in [5, 5.41) is 8.32. The van der Waals surface area contributed by atoms with Gasteiger partial charge in [0.15, 0.2) is 0 Å². The van der Waals surface area contributed by atoms with E-state index in [1.165, 1.54) is 11.3 Å². The molecule has 8 nitrogen and oxygen atoms in total. The van der Waals surface area contributed by atoms with Gasteiger partial charge in [-0.15, -0.1) is 11.3 Å². The number of nitrogens with zero attached hydrogens (tertiary/aromatic N) is 3. The van der Waals surface area contributed by atoms with Crippen LogP contribution in [0.3, 0.4) is 0 Å². The van der Waals surface area contributed by atoms with Gasteiger partial charge in [0, 0.05) is 36.8 Å². The molecule has 0 bridgehead atoms. The number of piperidine rings is 1. The number of halogens is 1. The fourth-order valence-electron chi connectivity index (χ4n) is 5.08. The van der Waals surface area contributed by atoms with Gasteiger partial charge in [0.05, 0.1) is 32.6 Å². The molecule has 2 amide bonds. The van der Waals surface area contributed by atoms with Gasteiger partial charge in [-0.25, -0.2) is 14.4 Å². The molecular formula is C26H25FN6O2S. The van der Waals surface area contributed by atoms with Gasteiger partial charge in [-0.05, 0) is 42.8 Å². The van der Waals surface area contributed by atoms with Crippen LogP contribution < -0.4 is 15.5 Å². The monoisotopic (exact) mass is 504 g/mol. The number of H-pyrrole nitrogens is 1. The third-order valence-electron chi connectivity index (χ3n) is 6.91. The van der Waals surface area contributed by atoms with Gasteiger partial charge in [-0.1, -0.05) is 18.2 Å². The molecule has 184 valence electrons. The molecule has 10 heteroatoms. The van der Waals surface area contributed by atoms with E-state index < -0.39 is 11.8 Å². The number of imide groups is 1. The van der Waals surface area contributed by atoms with E-state index in [4.69, 9.17) is 9.97 Å². The number of carbonyl (C=O) groups excluding carboxylic acids is 2. The Bertz CT molecular complexity index is 1500. The Morgan fingerprint density at radius 2 is 1.89 bits per heavy atom. The number of para-hydroxylation sites is 1. The number of benzene rings is 1. The van der Waals surface area contributed by atoms with Gasteiger partial charge < -0.3 is 15.2 Å². The van der Waals surface area contributed by atoms with Crippen molar-refractivity contribution in [2.24, 2.45) is 5.92 Å². The third-order valence-corrected chi connectivity index (χ3v) is 7.86. The lowest BCUT2D eigenvalue weighted by molar-refractivity contribution is -0.122. The molecule has 2 aliphatic rings. The standard InChI is InChI=1S/C26H25FN6O2S/c27-8-9-28-13-15-5-10-33(11-6-15)26-30-18-4-2-1-3-16(18)22(31-26)21-20(24(34)32-25(21)35)17-14-29-19-7-12-36-23(17)19/h1-4,7,12,14-15,28-29H,5-6,8-11,13H2,(H,32,34,35). The average Bonchev–Trinajstić information content (AvgIpc) is 3.59. The number of hydrogen-bond acceptors (Lipinski definition) is 7. The van der Waals surface area contributed by atoms with Crippen LogP contribution in [-0.2, 0) is 9.59 Å². The van der Waals surface area contributed by atoms with E-state index in [0.29, 0.717) is 35.2 Å². The van der Waals surface area contributed by atoms with E-state index in [-0.39, 0.29) is 12.2 Å². The van der Waals surface area contributed by atoms with Gasteiger partial charge >= 0.3 is 0 Å². The minimum Gasteiger partial charge on any atom is -0.360 e. The number of anilines is 1. The van der Waals surface area contributed by atoms with Crippen molar-refractivity contribution >= 4 is 61.4 Å². The molecule has 0 atom stereocenters. The van der Waals surface area contributed by atoms with Crippen LogP contribution in [0.5, 0.6) is 0 Å². The molecule has 5 heterocycles. The number of carbonyl (C=O) groups is 2. The molecule has 6 rings (SSSR count). The normalized spacial score (nSPS) is 17.1. The largest absolute Gasteiger partial charge is 0.360 e. The van der Waals surface area contributed by atoms with Crippen LogP contribution in [0.25, 0.3) is 32.3 Å². The van der Waals surface area contributed by atoms with Crippen LogP contribution in [0, 0.1) is 5.92 Å². The zero-order valence-corrected chi connectivity index (χ0v) is 20.3. The molecule has 1 aromatic carbocycles. The lowest BCUT2D eigenvalue weighted by Crippen LogP contribution is -2.38. The Morgan fingerprint density at radius 3 is 2.72 bits per heavy atom. The first-order chi connectivity index (χ1) is 17.6. The van der Waals surface area contributed by atoms with E-state index in [1.54, 1.807) is 6.20 Å². The van der Waals surface area contributed by atoms with E-state index in [9.17, 15) is 14.0 Å². The summed E-state index contributed by atoms with van der Waals surface area (Å²) in [6, 6.07) is 9.53. The van der Waals surface area contributed by atoms with Gasteiger partial charge in [-0.3, -0.25) is 14.9 Å². The van der Waals surface area contributed by atoms with Crippen molar-refractivity contribution in [3.63, 3.8) is 0 Å². The van der Waals surface area contributed by atoms with Crippen molar-refractivity contribution in [2.75, 3.05) is 37.8 Å². The van der Waals surface area contributed by atoms with Crippen LogP contribution in [0.2, 0.25) is 0 Å². The van der Waals surface area contributed by atoms with Crippen molar-refractivity contribution in [1.29, 1.82) is 0 Å². The molecule has 1 saturated heterocycles. The minimum absolute atomic E-state index is 0.277. The number of hydrogen-bond donors (Lipinski definition) is 3. The van der Waals surface area contributed by atoms with E-state index in [1.807, 2.05) is 35.7 Å². The summed E-state index contributed by atoms with van der Waals surface area (Å²) in [6.07, 6.45) is 3.66. The number of nitrogens with one attached hydrogen (secondary N) is 3. The number of amides is 2. The zero-order chi connectivity index (χ0) is 24.6. The molecule has 1 fully saturated rings. The molecule has 36 heavy (non-hydrogen) atoms. The number of aromatic nitrogens is 3. The zero-order valence-electron chi connectivity index (χ0n) is 19.5. The minimum atomic E-state index is -0.451. The second-order valence-corrected chi connectivity index (χ2v) is 10.0. The Balaban J connectivity index is 1.43. The highest BCUT2D eigenvalue weighted by molar-refractivity contribution is 7.17. The van der Waals surface area contributed by atoms with Crippen molar-refractivity contribution in [3.05, 3.63) is 53.2 Å². The quantitative estimate of drug-likeness (QED) is 0.263. The van der Waals surface area contributed by atoms with Crippen molar-refractivity contribution in [3.8, 4) is 0 Å². The summed E-state index contributed by atoms with van der Waals surface area (Å²) in [5.74, 6) is 0.152. The summed E-state index contributed by atoms with van der Waals surface area (Å²) in [7, 11) is 0. The molecular weight excluding hydrogens is 479 g/mol. The summed E-state index contributed by atoms with van der Waals surface area (Å²) >= 11 is 1.52.